The highest BCUT2D eigenvalue weighted by molar-refractivity contribution is 7.99. The molecule has 1 unspecified atom stereocenters. The molecule has 0 spiro atoms. The topological polar surface area (TPSA) is 59.1 Å². The number of rotatable bonds is 4. The third-order valence-corrected chi connectivity index (χ3v) is 2.83. The molecular formula is C9H14N2OS. The molecule has 0 aliphatic rings. The molecule has 0 aliphatic heterocycles. The van der Waals surface area contributed by atoms with E-state index in [9.17, 15) is 0 Å². The Morgan fingerprint density at radius 2 is 2.38 bits per heavy atom. The van der Waals surface area contributed by atoms with Gasteiger partial charge in [-0.1, -0.05) is 13.0 Å². The zero-order valence-corrected chi connectivity index (χ0v) is 8.42. The van der Waals surface area contributed by atoms with Gasteiger partial charge in [0.1, 0.15) is 5.82 Å². The Labute approximate surface area is 82.4 Å². The number of nitrogens with zero attached hydrogens (tertiary/aromatic N) is 1. The van der Waals surface area contributed by atoms with Crippen molar-refractivity contribution in [3.8, 4) is 0 Å². The number of aromatic nitrogens is 1. The van der Waals surface area contributed by atoms with Crippen molar-refractivity contribution >= 4 is 17.6 Å². The van der Waals surface area contributed by atoms with Gasteiger partial charge in [0.15, 0.2) is 0 Å². The summed E-state index contributed by atoms with van der Waals surface area (Å²) < 4.78 is 0. The molecule has 0 radical (unpaired) electrons. The Balaban J connectivity index is 2.45. The molecule has 1 heterocycles. The molecule has 0 bridgehead atoms. The lowest BCUT2D eigenvalue weighted by atomic mass is 10.2. The molecule has 0 amide bonds. The Morgan fingerprint density at radius 1 is 1.62 bits per heavy atom. The Kier molecular flexibility index (Phi) is 4.05. The van der Waals surface area contributed by atoms with Crippen molar-refractivity contribution in [2.45, 2.75) is 11.9 Å². The lowest BCUT2D eigenvalue weighted by Crippen LogP contribution is -2.03. The van der Waals surface area contributed by atoms with Crippen molar-refractivity contribution in [1.29, 1.82) is 0 Å². The van der Waals surface area contributed by atoms with Crippen LogP contribution in [-0.4, -0.2) is 22.5 Å². The number of nitrogen functional groups attached to an aromatic ring is 1. The van der Waals surface area contributed by atoms with Gasteiger partial charge in [0.2, 0.25) is 0 Å². The summed E-state index contributed by atoms with van der Waals surface area (Å²) in [6, 6.07) is 5.57. The molecule has 0 aromatic carbocycles. The van der Waals surface area contributed by atoms with E-state index in [1.807, 2.05) is 19.1 Å². The molecule has 0 fully saturated rings. The summed E-state index contributed by atoms with van der Waals surface area (Å²) in [7, 11) is 0. The Bertz CT molecular complexity index is 268. The van der Waals surface area contributed by atoms with Crippen molar-refractivity contribution in [2.75, 3.05) is 18.1 Å². The van der Waals surface area contributed by atoms with Gasteiger partial charge >= 0.3 is 0 Å². The van der Waals surface area contributed by atoms with Crippen LogP contribution >= 0.6 is 11.8 Å². The molecule has 0 saturated carbocycles. The number of nitrogens with two attached hydrogens (primary N) is 1. The molecule has 1 rings (SSSR count). The van der Waals surface area contributed by atoms with Crippen molar-refractivity contribution in [3.05, 3.63) is 18.2 Å². The average Bonchev–Trinajstić information content (AvgIpc) is 2.14. The number of pyridine rings is 1. The molecule has 13 heavy (non-hydrogen) atoms. The van der Waals surface area contributed by atoms with Gasteiger partial charge in [-0.15, -0.1) is 11.8 Å². The summed E-state index contributed by atoms with van der Waals surface area (Å²) in [5, 5.41) is 9.73. The maximum atomic E-state index is 8.81. The first-order valence-corrected chi connectivity index (χ1v) is 5.17. The van der Waals surface area contributed by atoms with Crippen molar-refractivity contribution in [3.63, 3.8) is 0 Å². The average molecular weight is 198 g/mol. The van der Waals surface area contributed by atoms with Gasteiger partial charge < -0.3 is 10.8 Å². The Morgan fingerprint density at radius 3 is 3.00 bits per heavy atom. The minimum Gasteiger partial charge on any atom is -0.396 e. The smallest absolute Gasteiger partial charge is 0.124 e. The fraction of sp³-hybridized carbons (Fsp3) is 0.444. The van der Waals surface area contributed by atoms with E-state index in [4.69, 9.17) is 10.8 Å². The molecule has 1 aromatic rings. The second-order valence-corrected chi connectivity index (χ2v) is 4.04. The van der Waals surface area contributed by atoms with Crippen LogP contribution in [0.4, 0.5) is 5.82 Å². The van der Waals surface area contributed by atoms with E-state index >= 15 is 0 Å². The Hall–Kier alpha value is -0.740. The number of aliphatic hydroxyl groups excluding tert-OH is 1. The van der Waals surface area contributed by atoms with Gasteiger partial charge in [0, 0.05) is 12.4 Å². The molecule has 1 atom stereocenters. The van der Waals surface area contributed by atoms with Gasteiger partial charge in [-0.2, -0.15) is 0 Å². The van der Waals surface area contributed by atoms with Gasteiger partial charge in [0.05, 0.1) is 5.03 Å². The lowest BCUT2D eigenvalue weighted by Gasteiger charge is -2.06. The van der Waals surface area contributed by atoms with E-state index in [0.717, 1.165) is 10.8 Å². The standard InChI is InChI=1S/C9H14N2OS/c1-7(5-12)6-13-9-4-2-3-8(10)11-9/h2-4,7,12H,5-6H2,1H3,(H2,10,11). The van der Waals surface area contributed by atoms with Gasteiger partial charge in [-0.3, -0.25) is 0 Å². The van der Waals surface area contributed by atoms with E-state index in [0.29, 0.717) is 11.7 Å². The van der Waals surface area contributed by atoms with Gasteiger partial charge in [-0.05, 0) is 18.1 Å². The van der Waals surface area contributed by atoms with Crippen LogP contribution < -0.4 is 5.73 Å². The molecule has 0 aliphatic carbocycles. The number of hydrogen-bond donors (Lipinski definition) is 2. The molecule has 3 N–H and O–H groups in total. The fourth-order valence-electron chi connectivity index (χ4n) is 0.792. The normalized spacial score (nSPS) is 12.8. The molecule has 72 valence electrons. The summed E-state index contributed by atoms with van der Waals surface area (Å²) in [4.78, 5) is 4.14. The van der Waals surface area contributed by atoms with Crippen LogP contribution in [0.1, 0.15) is 6.92 Å². The number of thioether (sulfide) groups is 1. The SMILES string of the molecule is CC(CO)CSc1cccc(N)n1. The summed E-state index contributed by atoms with van der Waals surface area (Å²) in [6.07, 6.45) is 0. The predicted octanol–water partition coefficient (Wildman–Crippen LogP) is 1.38. The van der Waals surface area contributed by atoms with Gasteiger partial charge in [0.25, 0.3) is 0 Å². The highest BCUT2D eigenvalue weighted by Crippen LogP contribution is 2.18. The van der Waals surface area contributed by atoms with Crippen molar-refractivity contribution in [1.82, 2.24) is 4.98 Å². The number of aliphatic hydroxyl groups is 1. The van der Waals surface area contributed by atoms with E-state index in [2.05, 4.69) is 4.98 Å². The minimum atomic E-state index is 0.218. The maximum Gasteiger partial charge on any atom is 0.124 e. The fourth-order valence-corrected chi connectivity index (χ4v) is 1.70. The van der Waals surface area contributed by atoms with Crippen LogP contribution in [0.3, 0.4) is 0 Å². The number of anilines is 1. The largest absolute Gasteiger partial charge is 0.396 e. The van der Waals surface area contributed by atoms with Crippen LogP contribution in [0.2, 0.25) is 0 Å². The minimum absolute atomic E-state index is 0.218. The van der Waals surface area contributed by atoms with Crippen LogP contribution in [0.5, 0.6) is 0 Å². The quantitative estimate of drug-likeness (QED) is 0.718. The van der Waals surface area contributed by atoms with Crippen molar-refractivity contribution < 1.29 is 5.11 Å². The highest BCUT2D eigenvalue weighted by atomic mass is 32.2. The zero-order valence-electron chi connectivity index (χ0n) is 7.60. The summed E-state index contributed by atoms with van der Waals surface area (Å²) in [6.45, 7) is 2.22. The van der Waals surface area contributed by atoms with Crippen molar-refractivity contribution in [2.24, 2.45) is 5.92 Å². The number of hydrogen-bond acceptors (Lipinski definition) is 4. The molecule has 0 saturated heterocycles. The molecule has 3 nitrogen and oxygen atoms in total. The van der Waals surface area contributed by atoms with E-state index in [1.165, 1.54) is 0 Å². The summed E-state index contributed by atoms with van der Waals surface area (Å²) in [5.74, 6) is 1.71. The van der Waals surface area contributed by atoms with Crippen LogP contribution in [0.25, 0.3) is 0 Å². The third kappa shape index (κ3) is 3.65. The van der Waals surface area contributed by atoms with Crippen LogP contribution in [-0.2, 0) is 0 Å². The third-order valence-electron chi connectivity index (χ3n) is 1.57. The molecule has 1 aromatic heterocycles. The highest BCUT2D eigenvalue weighted by Gasteiger charge is 2.02. The summed E-state index contributed by atoms with van der Waals surface area (Å²) >= 11 is 1.62. The lowest BCUT2D eigenvalue weighted by molar-refractivity contribution is 0.250. The van der Waals surface area contributed by atoms with E-state index < -0.39 is 0 Å². The maximum absolute atomic E-state index is 8.81. The van der Waals surface area contributed by atoms with E-state index in [1.54, 1.807) is 17.8 Å². The molecular weight excluding hydrogens is 184 g/mol. The monoisotopic (exact) mass is 198 g/mol. The first kappa shape index (κ1) is 10.3. The van der Waals surface area contributed by atoms with E-state index in [-0.39, 0.29) is 6.61 Å². The first-order chi connectivity index (χ1) is 6.22. The first-order valence-electron chi connectivity index (χ1n) is 4.18. The second-order valence-electron chi connectivity index (χ2n) is 3.00. The second kappa shape index (κ2) is 5.09. The zero-order chi connectivity index (χ0) is 9.68. The summed E-state index contributed by atoms with van der Waals surface area (Å²) in [5.41, 5.74) is 5.52. The molecule has 4 heteroatoms. The van der Waals surface area contributed by atoms with Crippen LogP contribution in [0.15, 0.2) is 23.2 Å². The van der Waals surface area contributed by atoms with Crippen LogP contribution in [0, 0.1) is 5.92 Å². The predicted molar refractivity (Wildman–Crippen MR) is 55.6 cm³/mol. The van der Waals surface area contributed by atoms with Gasteiger partial charge in [-0.25, -0.2) is 4.98 Å².